The van der Waals surface area contributed by atoms with Crippen molar-refractivity contribution in [1.82, 2.24) is 19.6 Å². The summed E-state index contributed by atoms with van der Waals surface area (Å²) >= 11 is 0. The molecule has 0 unspecified atom stereocenters. The Labute approximate surface area is 142 Å². The van der Waals surface area contributed by atoms with E-state index in [2.05, 4.69) is 16.9 Å². The first-order valence-electron chi connectivity index (χ1n) is 8.21. The zero-order valence-corrected chi connectivity index (χ0v) is 14.5. The number of hydrogen-bond acceptors (Lipinski definition) is 4. The van der Waals surface area contributed by atoms with Gasteiger partial charge in [0.1, 0.15) is 5.75 Å². The van der Waals surface area contributed by atoms with Crippen LogP contribution in [0.25, 0.3) is 0 Å². The van der Waals surface area contributed by atoms with Gasteiger partial charge in [0, 0.05) is 45.3 Å². The lowest BCUT2D eigenvalue weighted by Crippen LogP contribution is -2.48. The first-order chi connectivity index (χ1) is 11.6. The van der Waals surface area contributed by atoms with Gasteiger partial charge in [0.05, 0.1) is 19.0 Å². The van der Waals surface area contributed by atoms with Crippen LogP contribution in [0.2, 0.25) is 0 Å². The standard InChI is InChI=1S/C18H24N4O2/c1-14-12-19-20(2)17(14)13-21-8-10-22(11-9-21)18(23)15-4-6-16(24-3)7-5-15/h4-7,12H,8-11,13H2,1-3H3. The molecule has 0 spiro atoms. The predicted molar refractivity (Wildman–Crippen MR) is 92.1 cm³/mol. The molecule has 1 aliphatic rings. The third kappa shape index (κ3) is 3.43. The summed E-state index contributed by atoms with van der Waals surface area (Å²) in [5.41, 5.74) is 3.17. The summed E-state index contributed by atoms with van der Waals surface area (Å²) in [6.07, 6.45) is 1.90. The van der Waals surface area contributed by atoms with Crippen molar-refractivity contribution >= 4 is 5.91 Å². The second-order valence-electron chi connectivity index (χ2n) is 6.19. The van der Waals surface area contributed by atoms with Crippen molar-refractivity contribution in [3.8, 4) is 5.75 Å². The number of amides is 1. The molecule has 1 aromatic carbocycles. The summed E-state index contributed by atoms with van der Waals surface area (Å²) in [6, 6.07) is 7.31. The van der Waals surface area contributed by atoms with E-state index in [1.54, 1.807) is 7.11 Å². The second kappa shape index (κ2) is 7.05. The predicted octanol–water partition coefficient (Wildman–Crippen LogP) is 1.70. The fourth-order valence-electron chi connectivity index (χ4n) is 3.04. The zero-order chi connectivity index (χ0) is 17.1. The number of carbonyl (C=O) groups excluding carboxylic acids is 1. The van der Waals surface area contributed by atoms with E-state index in [0.29, 0.717) is 5.56 Å². The van der Waals surface area contributed by atoms with Crippen LogP contribution in [0, 0.1) is 6.92 Å². The van der Waals surface area contributed by atoms with E-state index in [1.165, 1.54) is 11.3 Å². The molecule has 0 radical (unpaired) electrons. The highest BCUT2D eigenvalue weighted by Gasteiger charge is 2.23. The van der Waals surface area contributed by atoms with E-state index >= 15 is 0 Å². The highest BCUT2D eigenvalue weighted by molar-refractivity contribution is 5.94. The maximum absolute atomic E-state index is 12.6. The number of piperazine rings is 1. The van der Waals surface area contributed by atoms with Crippen molar-refractivity contribution in [3.63, 3.8) is 0 Å². The molecule has 0 bridgehead atoms. The van der Waals surface area contributed by atoms with E-state index in [1.807, 2.05) is 47.1 Å². The summed E-state index contributed by atoms with van der Waals surface area (Å²) in [4.78, 5) is 16.9. The summed E-state index contributed by atoms with van der Waals surface area (Å²) in [6.45, 7) is 6.24. The normalized spacial score (nSPS) is 15.5. The number of methoxy groups -OCH3 is 1. The average molecular weight is 328 g/mol. The van der Waals surface area contributed by atoms with Gasteiger partial charge in [-0.15, -0.1) is 0 Å². The molecule has 24 heavy (non-hydrogen) atoms. The molecule has 1 aliphatic heterocycles. The molecule has 6 nitrogen and oxygen atoms in total. The fourth-order valence-corrected chi connectivity index (χ4v) is 3.04. The van der Waals surface area contributed by atoms with Crippen LogP contribution in [-0.4, -0.2) is 58.8 Å². The second-order valence-corrected chi connectivity index (χ2v) is 6.19. The van der Waals surface area contributed by atoms with Gasteiger partial charge >= 0.3 is 0 Å². The van der Waals surface area contributed by atoms with Crippen molar-refractivity contribution in [2.75, 3.05) is 33.3 Å². The molecule has 128 valence electrons. The maximum atomic E-state index is 12.6. The van der Waals surface area contributed by atoms with E-state index < -0.39 is 0 Å². The quantitative estimate of drug-likeness (QED) is 0.857. The van der Waals surface area contributed by atoms with Gasteiger partial charge in [0.15, 0.2) is 0 Å². The molecule has 1 saturated heterocycles. The molecular formula is C18H24N4O2. The number of rotatable bonds is 4. The monoisotopic (exact) mass is 328 g/mol. The number of aryl methyl sites for hydroxylation is 2. The molecule has 0 N–H and O–H groups in total. The highest BCUT2D eigenvalue weighted by atomic mass is 16.5. The van der Waals surface area contributed by atoms with Gasteiger partial charge in [-0.3, -0.25) is 14.4 Å². The molecule has 2 aromatic rings. The molecular weight excluding hydrogens is 304 g/mol. The third-order valence-electron chi connectivity index (χ3n) is 4.64. The topological polar surface area (TPSA) is 50.6 Å². The van der Waals surface area contributed by atoms with Crippen molar-refractivity contribution in [2.24, 2.45) is 7.05 Å². The minimum atomic E-state index is 0.0917. The van der Waals surface area contributed by atoms with Crippen molar-refractivity contribution in [2.45, 2.75) is 13.5 Å². The lowest BCUT2D eigenvalue weighted by molar-refractivity contribution is 0.0625. The van der Waals surface area contributed by atoms with Crippen LogP contribution in [0.3, 0.4) is 0 Å². The Kier molecular flexibility index (Phi) is 4.85. The number of ether oxygens (including phenoxy) is 1. The van der Waals surface area contributed by atoms with E-state index in [4.69, 9.17) is 4.74 Å². The highest BCUT2D eigenvalue weighted by Crippen LogP contribution is 2.16. The third-order valence-corrected chi connectivity index (χ3v) is 4.64. The lowest BCUT2D eigenvalue weighted by Gasteiger charge is -2.34. The molecule has 0 atom stereocenters. The Balaban J connectivity index is 1.57. The summed E-state index contributed by atoms with van der Waals surface area (Å²) in [7, 11) is 3.60. The van der Waals surface area contributed by atoms with Gasteiger partial charge in [-0.2, -0.15) is 5.10 Å². The minimum Gasteiger partial charge on any atom is -0.497 e. The van der Waals surface area contributed by atoms with Crippen LogP contribution in [0.4, 0.5) is 0 Å². The molecule has 2 heterocycles. The summed E-state index contributed by atoms with van der Waals surface area (Å²) < 4.78 is 7.07. The Morgan fingerprint density at radius 3 is 2.38 bits per heavy atom. The largest absolute Gasteiger partial charge is 0.497 e. The first kappa shape index (κ1) is 16.5. The Hall–Kier alpha value is -2.34. The maximum Gasteiger partial charge on any atom is 0.253 e. The lowest BCUT2D eigenvalue weighted by atomic mass is 10.1. The molecule has 1 amide bonds. The van der Waals surface area contributed by atoms with Crippen LogP contribution < -0.4 is 4.74 Å². The van der Waals surface area contributed by atoms with Crippen molar-refractivity contribution in [1.29, 1.82) is 0 Å². The molecule has 3 rings (SSSR count). The van der Waals surface area contributed by atoms with E-state index in [0.717, 1.165) is 38.5 Å². The number of aromatic nitrogens is 2. The van der Waals surface area contributed by atoms with Gasteiger partial charge in [-0.05, 0) is 36.8 Å². The average Bonchev–Trinajstić information content (AvgIpc) is 2.94. The summed E-state index contributed by atoms with van der Waals surface area (Å²) in [5.74, 6) is 0.858. The molecule has 1 fully saturated rings. The van der Waals surface area contributed by atoms with Gasteiger partial charge < -0.3 is 9.64 Å². The molecule has 1 aromatic heterocycles. The van der Waals surface area contributed by atoms with E-state index in [9.17, 15) is 4.79 Å². The molecule has 6 heteroatoms. The molecule has 0 aliphatic carbocycles. The Morgan fingerprint density at radius 1 is 1.17 bits per heavy atom. The van der Waals surface area contributed by atoms with Crippen LogP contribution in [-0.2, 0) is 13.6 Å². The minimum absolute atomic E-state index is 0.0917. The first-order valence-corrected chi connectivity index (χ1v) is 8.21. The van der Waals surface area contributed by atoms with E-state index in [-0.39, 0.29) is 5.91 Å². The smallest absolute Gasteiger partial charge is 0.253 e. The zero-order valence-electron chi connectivity index (χ0n) is 14.5. The van der Waals surface area contributed by atoms with Crippen LogP contribution in [0.15, 0.2) is 30.5 Å². The summed E-state index contributed by atoms with van der Waals surface area (Å²) in [5, 5.41) is 4.29. The van der Waals surface area contributed by atoms with Gasteiger partial charge in [0.2, 0.25) is 0 Å². The van der Waals surface area contributed by atoms with Crippen LogP contribution in [0.1, 0.15) is 21.6 Å². The van der Waals surface area contributed by atoms with Gasteiger partial charge in [0.25, 0.3) is 5.91 Å². The SMILES string of the molecule is COc1ccc(C(=O)N2CCN(Cc3c(C)cnn3C)CC2)cc1. The number of benzene rings is 1. The number of nitrogens with zero attached hydrogens (tertiary/aromatic N) is 4. The number of carbonyl (C=O) groups is 1. The Bertz CT molecular complexity index is 681. The van der Waals surface area contributed by atoms with Gasteiger partial charge in [-0.25, -0.2) is 0 Å². The molecule has 0 saturated carbocycles. The van der Waals surface area contributed by atoms with Crippen LogP contribution in [0.5, 0.6) is 5.75 Å². The van der Waals surface area contributed by atoms with Gasteiger partial charge in [-0.1, -0.05) is 0 Å². The Morgan fingerprint density at radius 2 is 1.83 bits per heavy atom. The van der Waals surface area contributed by atoms with Crippen molar-refractivity contribution in [3.05, 3.63) is 47.3 Å². The van der Waals surface area contributed by atoms with Crippen LogP contribution >= 0.6 is 0 Å². The number of hydrogen-bond donors (Lipinski definition) is 0. The van der Waals surface area contributed by atoms with Crippen molar-refractivity contribution < 1.29 is 9.53 Å². The fraction of sp³-hybridized carbons (Fsp3) is 0.444.